The van der Waals surface area contributed by atoms with Gasteiger partial charge in [-0.15, -0.1) is 11.3 Å². The average Bonchev–Trinajstić information content (AvgIpc) is 2.86. The van der Waals surface area contributed by atoms with Gasteiger partial charge >= 0.3 is 0 Å². The molecule has 0 aliphatic rings. The van der Waals surface area contributed by atoms with Crippen molar-refractivity contribution in [2.24, 2.45) is 0 Å². The van der Waals surface area contributed by atoms with Gasteiger partial charge in [0, 0.05) is 16.6 Å². The van der Waals surface area contributed by atoms with Gasteiger partial charge in [0.1, 0.15) is 0 Å². The number of nitrogens with one attached hydrogen (secondary N) is 1. The predicted molar refractivity (Wildman–Crippen MR) is 83.1 cm³/mol. The third-order valence-corrected chi connectivity index (χ3v) is 4.14. The van der Waals surface area contributed by atoms with Crippen molar-refractivity contribution in [3.63, 3.8) is 0 Å². The van der Waals surface area contributed by atoms with Crippen LogP contribution in [0.4, 0.5) is 5.69 Å². The Morgan fingerprint density at radius 1 is 1.35 bits per heavy atom. The zero-order valence-corrected chi connectivity index (χ0v) is 13.1. The van der Waals surface area contributed by atoms with Gasteiger partial charge in [-0.25, -0.2) is 4.98 Å². The van der Waals surface area contributed by atoms with E-state index in [2.05, 4.69) is 17.2 Å². The molecule has 0 amide bonds. The molecule has 0 saturated heterocycles. The minimum absolute atomic E-state index is 0.213. The monoisotopic (exact) mass is 292 g/mol. The van der Waals surface area contributed by atoms with E-state index in [1.165, 1.54) is 4.88 Å². The third kappa shape index (κ3) is 3.22. The Kier molecular flexibility index (Phi) is 4.84. The molecule has 0 saturated carbocycles. The SMILES string of the molecule is CCOc1cc(NC(C)c2scnc2C)ccc1OC. The standard InChI is InChI=1S/C15H20N2O2S/c1-5-19-14-8-12(6-7-13(14)18-4)17-11(3)15-10(2)16-9-20-15/h6-9,11,17H,5H2,1-4H3. The van der Waals surface area contributed by atoms with Gasteiger partial charge in [0.05, 0.1) is 31.0 Å². The Hall–Kier alpha value is -1.75. The van der Waals surface area contributed by atoms with E-state index in [-0.39, 0.29) is 6.04 Å². The van der Waals surface area contributed by atoms with Crippen LogP contribution in [0.15, 0.2) is 23.7 Å². The molecule has 0 aliphatic carbocycles. The Balaban J connectivity index is 2.17. The molecular weight excluding hydrogens is 272 g/mol. The summed E-state index contributed by atoms with van der Waals surface area (Å²) < 4.78 is 10.9. The summed E-state index contributed by atoms with van der Waals surface area (Å²) in [7, 11) is 1.65. The van der Waals surface area contributed by atoms with E-state index in [1.807, 2.05) is 37.6 Å². The molecule has 1 atom stereocenters. The van der Waals surface area contributed by atoms with Gasteiger partial charge in [-0.3, -0.25) is 0 Å². The maximum absolute atomic E-state index is 5.59. The molecule has 5 heteroatoms. The number of hydrogen-bond donors (Lipinski definition) is 1. The van der Waals surface area contributed by atoms with Crippen LogP contribution in [0.3, 0.4) is 0 Å². The molecule has 2 rings (SSSR count). The van der Waals surface area contributed by atoms with E-state index < -0.39 is 0 Å². The second kappa shape index (κ2) is 6.61. The first kappa shape index (κ1) is 14.7. The average molecular weight is 292 g/mol. The largest absolute Gasteiger partial charge is 0.493 e. The smallest absolute Gasteiger partial charge is 0.163 e. The molecule has 1 unspecified atom stereocenters. The lowest BCUT2D eigenvalue weighted by atomic mass is 10.2. The number of methoxy groups -OCH3 is 1. The maximum atomic E-state index is 5.59. The van der Waals surface area contributed by atoms with Crippen molar-refractivity contribution in [3.8, 4) is 11.5 Å². The van der Waals surface area contributed by atoms with Crippen molar-refractivity contribution in [2.75, 3.05) is 19.0 Å². The fraction of sp³-hybridized carbons (Fsp3) is 0.400. The molecule has 0 fully saturated rings. The van der Waals surface area contributed by atoms with Crippen molar-refractivity contribution in [3.05, 3.63) is 34.3 Å². The summed E-state index contributed by atoms with van der Waals surface area (Å²) in [6.45, 7) is 6.74. The molecule has 1 heterocycles. The summed E-state index contributed by atoms with van der Waals surface area (Å²) in [5.74, 6) is 1.51. The van der Waals surface area contributed by atoms with Crippen LogP contribution in [0.1, 0.15) is 30.5 Å². The first-order valence-electron chi connectivity index (χ1n) is 6.63. The molecular formula is C15H20N2O2S. The number of aryl methyl sites for hydroxylation is 1. The van der Waals surface area contributed by atoms with Gasteiger partial charge in [0.2, 0.25) is 0 Å². The lowest BCUT2D eigenvalue weighted by molar-refractivity contribution is 0.311. The maximum Gasteiger partial charge on any atom is 0.163 e. The van der Waals surface area contributed by atoms with Crippen molar-refractivity contribution >= 4 is 17.0 Å². The molecule has 0 spiro atoms. The normalized spacial score (nSPS) is 12.0. The third-order valence-electron chi connectivity index (χ3n) is 3.02. The van der Waals surface area contributed by atoms with Crippen LogP contribution in [0.2, 0.25) is 0 Å². The van der Waals surface area contributed by atoms with E-state index in [4.69, 9.17) is 9.47 Å². The van der Waals surface area contributed by atoms with Gasteiger partial charge in [-0.05, 0) is 32.9 Å². The zero-order chi connectivity index (χ0) is 14.5. The Morgan fingerprint density at radius 2 is 2.15 bits per heavy atom. The highest BCUT2D eigenvalue weighted by molar-refractivity contribution is 7.09. The molecule has 20 heavy (non-hydrogen) atoms. The quantitative estimate of drug-likeness (QED) is 0.873. The predicted octanol–water partition coefficient (Wildman–Crippen LogP) is 4.03. The summed E-state index contributed by atoms with van der Waals surface area (Å²) in [6, 6.07) is 6.09. The lowest BCUT2D eigenvalue weighted by Crippen LogP contribution is -2.06. The van der Waals surface area contributed by atoms with Crippen molar-refractivity contribution in [2.45, 2.75) is 26.8 Å². The van der Waals surface area contributed by atoms with E-state index in [1.54, 1.807) is 18.4 Å². The molecule has 0 radical (unpaired) electrons. The molecule has 1 aromatic carbocycles. The first-order chi connectivity index (χ1) is 9.65. The topological polar surface area (TPSA) is 43.4 Å². The van der Waals surface area contributed by atoms with Crippen molar-refractivity contribution in [1.29, 1.82) is 0 Å². The highest BCUT2D eigenvalue weighted by atomic mass is 32.1. The van der Waals surface area contributed by atoms with E-state index in [0.29, 0.717) is 6.61 Å². The molecule has 108 valence electrons. The van der Waals surface area contributed by atoms with E-state index >= 15 is 0 Å². The molecule has 0 aliphatic heterocycles. The minimum Gasteiger partial charge on any atom is -0.493 e. The summed E-state index contributed by atoms with van der Waals surface area (Å²) in [5, 5.41) is 3.47. The number of ether oxygens (including phenoxy) is 2. The number of nitrogens with zero attached hydrogens (tertiary/aromatic N) is 1. The first-order valence-corrected chi connectivity index (χ1v) is 7.51. The fourth-order valence-corrected chi connectivity index (χ4v) is 2.89. The summed E-state index contributed by atoms with van der Waals surface area (Å²) >= 11 is 1.67. The molecule has 1 N–H and O–H groups in total. The number of hydrogen-bond acceptors (Lipinski definition) is 5. The van der Waals surface area contributed by atoms with Crippen LogP contribution >= 0.6 is 11.3 Å². The van der Waals surface area contributed by atoms with Crippen LogP contribution in [0.25, 0.3) is 0 Å². The van der Waals surface area contributed by atoms with Gasteiger partial charge in [-0.2, -0.15) is 0 Å². The van der Waals surface area contributed by atoms with E-state index in [0.717, 1.165) is 22.9 Å². The molecule has 4 nitrogen and oxygen atoms in total. The number of aromatic nitrogens is 1. The number of anilines is 1. The second-order valence-corrected chi connectivity index (χ2v) is 5.35. The van der Waals surface area contributed by atoms with Crippen molar-refractivity contribution in [1.82, 2.24) is 4.98 Å². The van der Waals surface area contributed by atoms with Gasteiger partial charge in [0.15, 0.2) is 11.5 Å². The summed E-state index contributed by atoms with van der Waals surface area (Å²) in [6.07, 6.45) is 0. The fourth-order valence-electron chi connectivity index (χ4n) is 2.08. The van der Waals surface area contributed by atoms with Gasteiger partial charge < -0.3 is 14.8 Å². The summed E-state index contributed by atoms with van der Waals surface area (Å²) in [5.41, 5.74) is 3.96. The Morgan fingerprint density at radius 3 is 2.75 bits per heavy atom. The highest BCUT2D eigenvalue weighted by Crippen LogP contribution is 2.32. The van der Waals surface area contributed by atoms with Crippen LogP contribution in [-0.4, -0.2) is 18.7 Å². The Labute approximate surface area is 123 Å². The van der Waals surface area contributed by atoms with Gasteiger partial charge in [-0.1, -0.05) is 0 Å². The number of thiazole rings is 1. The number of benzene rings is 1. The summed E-state index contributed by atoms with van der Waals surface area (Å²) in [4.78, 5) is 5.54. The van der Waals surface area contributed by atoms with Crippen LogP contribution < -0.4 is 14.8 Å². The van der Waals surface area contributed by atoms with Crippen LogP contribution in [-0.2, 0) is 0 Å². The van der Waals surface area contributed by atoms with E-state index in [9.17, 15) is 0 Å². The molecule has 0 bridgehead atoms. The Bertz CT molecular complexity index is 569. The van der Waals surface area contributed by atoms with Gasteiger partial charge in [0.25, 0.3) is 0 Å². The molecule has 2 aromatic rings. The minimum atomic E-state index is 0.213. The van der Waals surface area contributed by atoms with Crippen LogP contribution in [0, 0.1) is 6.92 Å². The zero-order valence-electron chi connectivity index (χ0n) is 12.3. The van der Waals surface area contributed by atoms with Crippen LogP contribution in [0.5, 0.6) is 11.5 Å². The second-order valence-electron chi connectivity index (χ2n) is 4.47. The number of rotatable bonds is 6. The molecule has 1 aromatic heterocycles. The lowest BCUT2D eigenvalue weighted by Gasteiger charge is -2.16. The highest BCUT2D eigenvalue weighted by Gasteiger charge is 2.12. The van der Waals surface area contributed by atoms with Crippen molar-refractivity contribution < 1.29 is 9.47 Å².